The SMILES string of the molecule is CC(C)[Si](Oc1ccc(Br)cc1I)(C(C)C)C(C)C. The fraction of sp³-hybridized carbons (Fsp3) is 0.600. The molecule has 0 spiro atoms. The van der Waals surface area contributed by atoms with E-state index in [2.05, 4.69) is 98.3 Å². The van der Waals surface area contributed by atoms with Crippen molar-refractivity contribution < 1.29 is 4.43 Å². The van der Waals surface area contributed by atoms with Gasteiger partial charge >= 0.3 is 0 Å². The van der Waals surface area contributed by atoms with Crippen LogP contribution in [-0.4, -0.2) is 8.32 Å². The molecule has 4 heteroatoms. The predicted molar refractivity (Wildman–Crippen MR) is 98.5 cm³/mol. The van der Waals surface area contributed by atoms with Crippen LogP contribution < -0.4 is 4.43 Å². The van der Waals surface area contributed by atoms with E-state index in [0.717, 1.165) is 10.2 Å². The van der Waals surface area contributed by atoms with Gasteiger partial charge in [0.05, 0.1) is 3.57 Å². The van der Waals surface area contributed by atoms with Gasteiger partial charge in [0.15, 0.2) is 0 Å². The third-order valence-electron chi connectivity index (χ3n) is 3.89. The molecule has 0 radical (unpaired) electrons. The third-order valence-corrected chi connectivity index (χ3v) is 11.2. The molecule has 1 aromatic carbocycles. The van der Waals surface area contributed by atoms with E-state index >= 15 is 0 Å². The van der Waals surface area contributed by atoms with Gasteiger partial charge < -0.3 is 4.43 Å². The van der Waals surface area contributed by atoms with Crippen molar-refractivity contribution in [1.82, 2.24) is 0 Å². The van der Waals surface area contributed by atoms with Gasteiger partial charge in [-0.25, -0.2) is 0 Å². The summed E-state index contributed by atoms with van der Waals surface area (Å²) in [7, 11) is -1.84. The number of halogens is 2. The average molecular weight is 455 g/mol. The van der Waals surface area contributed by atoms with Gasteiger partial charge in [0, 0.05) is 4.47 Å². The smallest absolute Gasteiger partial charge is 0.258 e. The Kier molecular flexibility index (Phi) is 6.39. The molecule has 1 aromatic rings. The summed E-state index contributed by atoms with van der Waals surface area (Å²) in [5.41, 5.74) is 1.81. The van der Waals surface area contributed by atoms with Gasteiger partial charge in [-0.3, -0.25) is 0 Å². The van der Waals surface area contributed by atoms with Gasteiger partial charge in [-0.1, -0.05) is 57.5 Å². The molecule has 0 N–H and O–H groups in total. The van der Waals surface area contributed by atoms with E-state index in [9.17, 15) is 0 Å². The Bertz CT molecular complexity index is 410. The van der Waals surface area contributed by atoms with Crippen LogP contribution in [0.5, 0.6) is 5.75 Å². The Morgan fingerprint density at radius 1 is 1.00 bits per heavy atom. The van der Waals surface area contributed by atoms with Crippen LogP contribution in [0.2, 0.25) is 16.6 Å². The Morgan fingerprint density at radius 2 is 1.47 bits per heavy atom. The maximum Gasteiger partial charge on any atom is 0.258 e. The molecule has 0 aliphatic carbocycles. The fourth-order valence-corrected chi connectivity index (χ4v) is 9.99. The zero-order valence-electron chi connectivity index (χ0n) is 12.6. The van der Waals surface area contributed by atoms with Gasteiger partial charge in [0.2, 0.25) is 0 Å². The summed E-state index contributed by atoms with van der Waals surface area (Å²) in [5, 5.41) is 0. The van der Waals surface area contributed by atoms with Crippen molar-refractivity contribution in [3.63, 3.8) is 0 Å². The molecule has 0 saturated heterocycles. The molecule has 1 rings (SSSR count). The van der Waals surface area contributed by atoms with E-state index in [4.69, 9.17) is 4.43 Å². The largest absolute Gasteiger partial charge is 0.542 e. The molecule has 0 unspecified atom stereocenters. The Hall–Kier alpha value is 0.447. The lowest BCUT2D eigenvalue weighted by Gasteiger charge is -2.42. The molecule has 1 nitrogen and oxygen atoms in total. The van der Waals surface area contributed by atoms with Crippen molar-refractivity contribution in [3.8, 4) is 5.75 Å². The lowest BCUT2D eigenvalue weighted by molar-refractivity contribution is 0.477. The van der Waals surface area contributed by atoms with Crippen molar-refractivity contribution >= 4 is 46.8 Å². The van der Waals surface area contributed by atoms with Crippen LogP contribution in [0.15, 0.2) is 22.7 Å². The summed E-state index contributed by atoms with van der Waals surface area (Å²) >= 11 is 5.88. The van der Waals surface area contributed by atoms with Gasteiger partial charge in [-0.15, -0.1) is 0 Å². The van der Waals surface area contributed by atoms with Crippen LogP contribution in [0.3, 0.4) is 0 Å². The minimum absolute atomic E-state index is 0.604. The van der Waals surface area contributed by atoms with Crippen LogP contribution >= 0.6 is 38.5 Å². The van der Waals surface area contributed by atoms with Crippen LogP contribution in [0.25, 0.3) is 0 Å². The first-order chi connectivity index (χ1) is 8.71. The lowest BCUT2D eigenvalue weighted by atomic mass is 10.3. The first kappa shape index (κ1) is 17.5. The normalized spacial score (nSPS) is 12.6. The van der Waals surface area contributed by atoms with E-state index in [0.29, 0.717) is 16.6 Å². The van der Waals surface area contributed by atoms with Crippen LogP contribution in [0.4, 0.5) is 0 Å². The topological polar surface area (TPSA) is 9.23 Å². The van der Waals surface area contributed by atoms with Gasteiger partial charge in [-0.2, -0.15) is 0 Å². The molecule has 0 amide bonds. The minimum atomic E-state index is -1.84. The second-order valence-electron chi connectivity index (χ2n) is 5.99. The molecular weight excluding hydrogens is 431 g/mol. The summed E-state index contributed by atoms with van der Waals surface area (Å²) in [4.78, 5) is 0. The van der Waals surface area contributed by atoms with E-state index in [-0.39, 0.29) is 0 Å². The Morgan fingerprint density at radius 3 is 1.84 bits per heavy atom. The number of hydrogen-bond acceptors (Lipinski definition) is 1. The summed E-state index contributed by atoms with van der Waals surface area (Å²) in [6.45, 7) is 13.9. The monoisotopic (exact) mass is 454 g/mol. The summed E-state index contributed by atoms with van der Waals surface area (Å²) in [6.07, 6.45) is 0. The zero-order valence-corrected chi connectivity index (χ0v) is 17.4. The molecule has 108 valence electrons. The van der Waals surface area contributed by atoms with E-state index in [1.165, 1.54) is 3.57 Å². The highest BCUT2D eigenvalue weighted by atomic mass is 127. The molecular formula is C15H24BrIOSi. The summed E-state index contributed by atoms with van der Waals surface area (Å²) in [6, 6.07) is 6.29. The molecule has 19 heavy (non-hydrogen) atoms. The van der Waals surface area contributed by atoms with Crippen molar-refractivity contribution in [2.45, 2.75) is 58.2 Å². The first-order valence-electron chi connectivity index (χ1n) is 6.85. The van der Waals surface area contributed by atoms with Crippen LogP contribution in [0.1, 0.15) is 41.5 Å². The van der Waals surface area contributed by atoms with E-state index in [1.54, 1.807) is 0 Å². The molecule has 0 atom stereocenters. The van der Waals surface area contributed by atoms with Gasteiger partial charge in [0.1, 0.15) is 5.75 Å². The molecule has 0 aliphatic rings. The number of rotatable bonds is 5. The maximum atomic E-state index is 6.68. The molecule has 0 fully saturated rings. The summed E-state index contributed by atoms with van der Waals surface area (Å²) < 4.78 is 8.98. The molecule has 0 aliphatic heterocycles. The van der Waals surface area contributed by atoms with Crippen molar-refractivity contribution in [2.24, 2.45) is 0 Å². The highest BCUT2D eigenvalue weighted by Crippen LogP contribution is 2.43. The average Bonchev–Trinajstić information content (AvgIpc) is 2.26. The van der Waals surface area contributed by atoms with E-state index < -0.39 is 8.32 Å². The number of benzene rings is 1. The quantitative estimate of drug-likeness (QED) is 0.359. The maximum absolute atomic E-state index is 6.68. The first-order valence-corrected chi connectivity index (χ1v) is 10.9. The summed E-state index contributed by atoms with van der Waals surface area (Å²) in [5.74, 6) is 1.05. The Balaban J connectivity index is 3.21. The lowest BCUT2D eigenvalue weighted by Crippen LogP contribution is -2.50. The highest BCUT2D eigenvalue weighted by Gasteiger charge is 2.47. The second kappa shape index (κ2) is 6.94. The standard InChI is InChI=1S/C15H24BrIOSi/c1-10(2)19(11(3)4,12(5)6)18-15-8-7-13(16)9-14(15)17/h7-12H,1-6H3. The number of hydrogen-bond donors (Lipinski definition) is 0. The molecule has 0 bridgehead atoms. The van der Waals surface area contributed by atoms with Crippen LogP contribution in [0, 0.1) is 3.57 Å². The Labute approximate surface area is 140 Å². The van der Waals surface area contributed by atoms with Crippen molar-refractivity contribution in [1.29, 1.82) is 0 Å². The predicted octanol–water partition coefficient (Wildman–Crippen LogP) is 6.61. The van der Waals surface area contributed by atoms with Gasteiger partial charge in [0.25, 0.3) is 8.32 Å². The minimum Gasteiger partial charge on any atom is -0.542 e. The molecule has 0 heterocycles. The second-order valence-corrected chi connectivity index (χ2v) is 13.4. The van der Waals surface area contributed by atoms with Crippen molar-refractivity contribution in [2.75, 3.05) is 0 Å². The van der Waals surface area contributed by atoms with Crippen LogP contribution in [-0.2, 0) is 0 Å². The third kappa shape index (κ3) is 3.76. The highest BCUT2D eigenvalue weighted by molar-refractivity contribution is 14.1. The van der Waals surface area contributed by atoms with Gasteiger partial charge in [-0.05, 0) is 57.4 Å². The molecule has 0 saturated carbocycles. The molecule has 0 aromatic heterocycles. The van der Waals surface area contributed by atoms with Crippen molar-refractivity contribution in [3.05, 3.63) is 26.2 Å². The zero-order chi connectivity index (χ0) is 14.8. The van der Waals surface area contributed by atoms with E-state index in [1.807, 2.05) is 0 Å². The fourth-order valence-electron chi connectivity index (χ4n) is 3.10.